The molecule has 0 saturated heterocycles. The van der Waals surface area contributed by atoms with E-state index in [2.05, 4.69) is 5.18 Å². The van der Waals surface area contributed by atoms with Crippen LogP contribution in [0.5, 0.6) is 0 Å². The second kappa shape index (κ2) is 7.32. The van der Waals surface area contributed by atoms with Gasteiger partial charge in [0.1, 0.15) is 11.8 Å². The van der Waals surface area contributed by atoms with Crippen molar-refractivity contribution in [2.24, 2.45) is 5.18 Å². The molecule has 1 unspecified atom stereocenters. The quantitative estimate of drug-likeness (QED) is 0.453. The fraction of sp³-hybridized carbons (Fsp3) is 0.462. The summed E-state index contributed by atoms with van der Waals surface area (Å²) >= 11 is 0. The third-order valence-electron chi connectivity index (χ3n) is 3.06. The van der Waals surface area contributed by atoms with Crippen molar-refractivity contribution < 1.29 is 14.5 Å². The zero-order chi connectivity index (χ0) is 16.0. The first-order chi connectivity index (χ1) is 9.94. The molecule has 0 aliphatic rings. The molecule has 0 saturated carbocycles. The summed E-state index contributed by atoms with van der Waals surface area (Å²) in [4.78, 5) is 34.2. The summed E-state index contributed by atoms with van der Waals surface area (Å²) in [6, 6.07) is 3.67. The maximum Gasteiger partial charge on any atom is 0.410 e. The molecule has 0 heterocycles. The average Bonchev–Trinajstić information content (AvgIpc) is 2.47. The lowest BCUT2D eigenvalue weighted by molar-refractivity contribution is -0.384. The highest BCUT2D eigenvalue weighted by atomic mass is 16.6. The minimum atomic E-state index is -0.730. The van der Waals surface area contributed by atoms with E-state index in [9.17, 15) is 19.8 Å². The molecule has 0 spiro atoms. The van der Waals surface area contributed by atoms with Crippen molar-refractivity contribution in [1.29, 1.82) is 0 Å². The molecular weight excluding hydrogens is 278 g/mol. The number of nitrogens with zero attached hydrogens (tertiary/aromatic N) is 3. The van der Waals surface area contributed by atoms with Gasteiger partial charge in [-0.3, -0.25) is 10.1 Å². The van der Waals surface area contributed by atoms with Crippen molar-refractivity contribution in [3.8, 4) is 0 Å². The van der Waals surface area contributed by atoms with Gasteiger partial charge in [-0.15, -0.1) is 4.91 Å². The summed E-state index contributed by atoms with van der Waals surface area (Å²) in [7, 11) is 0. The van der Waals surface area contributed by atoms with Crippen molar-refractivity contribution in [1.82, 2.24) is 4.90 Å². The van der Waals surface area contributed by atoms with Gasteiger partial charge in [-0.1, -0.05) is 0 Å². The van der Waals surface area contributed by atoms with E-state index in [1.807, 2.05) is 13.8 Å². The Morgan fingerprint density at radius 3 is 2.52 bits per heavy atom. The number of hydrogen-bond acceptors (Lipinski definition) is 6. The zero-order valence-corrected chi connectivity index (χ0v) is 12.1. The van der Waals surface area contributed by atoms with Crippen molar-refractivity contribution in [2.45, 2.75) is 26.9 Å². The van der Waals surface area contributed by atoms with Crippen molar-refractivity contribution >= 4 is 17.5 Å². The molecule has 0 fully saturated rings. The van der Waals surface area contributed by atoms with Gasteiger partial charge in [-0.2, -0.15) is 0 Å². The van der Waals surface area contributed by atoms with Crippen molar-refractivity contribution in [3.63, 3.8) is 0 Å². The number of amides is 1. The first-order valence-corrected chi connectivity index (χ1v) is 6.51. The van der Waals surface area contributed by atoms with Gasteiger partial charge in [-0.25, -0.2) is 4.79 Å². The first-order valence-electron chi connectivity index (χ1n) is 6.51. The number of carbonyl (C=O) groups is 1. The molecule has 0 N–H and O–H groups in total. The third-order valence-corrected chi connectivity index (χ3v) is 3.06. The lowest BCUT2D eigenvalue weighted by Crippen LogP contribution is -2.31. The summed E-state index contributed by atoms with van der Waals surface area (Å²) in [5.41, 5.74) is -0.0178. The molecule has 0 bridgehead atoms. The number of nitro benzene ring substituents is 1. The summed E-state index contributed by atoms with van der Waals surface area (Å²) in [6.45, 7) is 6.22. The van der Waals surface area contributed by atoms with Gasteiger partial charge in [0.05, 0.1) is 4.92 Å². The Kier molecular flexibility index (Phi) is 5.77. The molecule has 21 heavy (non-hydrogen) atoms. The van der Waals surface area contributed by atoms with Crippen LogP contribution in [0.15, 0.2) is 23.4 Å². The predicted molar refractivity (Wildman–Crippen MR) is 76.4 cm³/mol. The van der Waals surface area contributed by atoms with E-state index in [1.165, 1.54) is 17.0 Å². The summed E-state index contributed by atoms with van der Waals surface area (Å²) in [5, 5.41) is 13.4. The normalized spacial score (nSPS) is 11.6. The smallest absolute Gasteiger partial charge is 0.410 e. The Morgan fingerprint density at radius 1 is 1.43 bits per heavy atom. The standard InChI is InChI=1S/C13H17N3O5/c1-4-15(5-2)13(17)21-9(3)11-7-6-10(16(19)20)8-12(11)14-18/h6-9H,4-5H2,1-3H3. The number of rotatable bonds is 6. The molecule has 0 aromatic heterocycles. The van der Waals surface area contributed by atoms with E-state index in [0.29, 0.717) is 18.7 Å². The highest BCUT2D eigenvalue weighted by molar-refractivity contribution is 5.68. The van der Waals surface area contributed by atoms with E-state index < -0.39 is 17.1 Å². The summed E-state index contributed by atoms with van der Waals surface area (Å²) < 4.78 is 5.24. The number of non-ortho nitro benzene ring substituents is 1. The number of hydrogen-bond donors (Lipinski definition) is 0. The van der Waals surface area contributed by atoms with Crippen LogP contribution >= 0.6 is 0 Å². The highest BCUT2D eigenvalue weighted by Gasteiger charge is 2.21. The Labute approximate surface area is 121 Å². The van der Waals surface area contributed by atoms with Crippen LogP contribution in [0.3, 0.4) is 0 Å². The Bertz CT molecular complexity index is 543. The number of carbonyl (C=O) groups excluding carboxylic acids is 1. The monoisotopic (exact) mass is 295 g/mol. The third kappa shape index (κ3) is 3.98. The van der Waals surface area contributed by atoms with Crippen LogP contribution in [0.25, 0.3) is 0 Å². The molecule has 1 atom stereocenters. The number of nitroso groups, excluding NO2 is 1. The lowest BCUT2D eigenvalue weighted by atomic mass is 10.1. The number of benzene rings is 1. The van der Waals surface area contributed by atoms with E-state index in [0.717, 1.165) is 6.07 Å². The summed E-state index contributed by atoms with van der Waals surface area (Å²) in [6.07, 6.45) is -1.24. The average molecular weight is 295 g/mol. The molecule has 1 rings (SSSR count). The van der Waals surface area contributed by atoms with Crippen LogP contribution in [0.4, 0.5) is 16.2 Å². The van der Waals surface area contributed by atoms with Gasteiger partial charge in [-0.05, 0) is 32.0 Å². The molecule has 1 aromatic rings. The van der Waals surface area contributed by atoms with Crippen LogP contribution in [-0.2, 0) is 4.74 Å². The molecule has 1 amide bonds. The largest absolute Gasteiger partial charge is 0.441 e. The number of nitro groups is 1. The molecular formula is C13H17N3O5. The minimum Gasteiger partial charge on any atom is -0.441 e. The molecule has 0 radical (unpaired) electrons. The van der Waals surface area contributed by atoms with Gasteiger partial charge >= 0.3 is 6.09 Å². The second-order valence-corrected chi connectivity index (χ2v) is 4.29. The van der Waals surface area contributed by atoms with E-state index >= 15 is 0 Å². The second-order valence-electron chi connectivity index (χ2n) is 4.29. The predicted octanol–water partition coefficient (Wildman–Crippen LogP) is 3.53. The number of ether oxygens (including phenoxy) is 1. The first kappa shape index (κ1) is 16.5. The van der Waals surface area contributed by atoms with Crippen LogP contribution < -0.4 is 0 Å². The van der Waals surface area contributed by atoms with Gasteiger partial charge in [0.15, 0.2) is 0 Å². The van der Waals surface area contributed by atoms with Gasteiger partial charge in [0.2, 0.25) is 0 Å². The fourth-order valence-electron chi connectivity index (χ4n) is 1.84. The van der Waals surface area contributed by atoms with Crippen molar-refractivity contribution in [2.75, 3.05) is 13.1 Å². The van der Waals surface area contributed by atoms with E-state index in [1.54, 1.807) is 6.92 Å². The SMILES string of the molecule is CCN(CC)C(=O)OC(C)c1ccc([N+](=O)[O-])cc1N=O. The summed E-state index contributed by atoms with van der Waals surface area (Å²) in [5.74, 6) is 0. The van der Waals surface area contributed by atoms with Gasteiger partial charge in [0, 0.05) is 30.8 Å². The minimum absolute atomic E-state index is 0.107. The molecule has 8 heteroatoms. The maximum atomic E-state index is 11.9. The maximum absolute atomic E-state index is 11.9. The fourth-order valence-corrected chi connectivity index (χ4v) is 1.84. The van der Waals surface area contributed by atoms with Crippen LogP contribution in [0, 0.1) is 15.0 Å². The molecule has 8 nitrogen and oxygen atoms in total. The Morgan fingerprint density at radius 2 is 2.05 bits per heavy atom. The van der Waals surface area contributed by atoms with Crippen LogP contribution in [0.2, 0.25) is 0 Å². The van der Waals surface area contributed by atoms with Crippen LogP contribution in [-0.4, -0.2) is 29.0 Å². The zero-order valence-electron chi connectivity index (χ0n) is 12.1. The molecule has 1 aromatic carbocycles. The van der Waals surface area contributed by atoms with E-state index in [-0.39, 0.29) is 11.4 Å². The highest BCUT2D eigenvalue weighted by Crippen LogP contribution is 2.31. The van der Waals surface area contributed by atoms with Crippen molar-refractivity contribution in [3.05, 3.63) is 38.8 Å². The molecule has 0 aliphatic heterocycles. The topological polar surface area (TPSA) is 102 Å². The van der Waals surface area contributed by atoms with E-state index in [4.69, 9.17) is 4.74 Å². The molecule has 114 valence electrons. The van der Waals surface area contributed by atoms with Gasteiger partial charge < -0.3 is 9.64 Å². The van der Waals surface area contributed by atoms with Crippen LogP contribution in [0.1, 0.15) is 32.4 Å². The Hall–Kier alpha value is -2.51. The lowest BCUT2D eigenvalue weighted by Gasteiger charge is -2.21. The molecule has 0 aliphatic carbocycles. The Balaban J connectivity index is 2.97. The van der Waals surface area contributed by atoms with Gasteiger partial charge in [0.25, 0.3) is 5.69 Å².